The number of nitrogens with zero attached hydrogens (tertiary/aromatic N) is 2. The Labute approximate surface area is 140 Å². The molecule has 1 aromatic heterocycles. The average molecular weight is 332 g/mol. The number of rotatable bonds is 7. The van der Waals surface area contributed by atoms with E-state index in [1.807, 2.05) is 13.1 Å². The highest BCUT2D eigenvalue weighted by atomic mass is 19.1. The molecule has 1 heterocycles. The second kappa shape index (κ2) is 8.24. The molecule has 1 aromatic carbocycles. The van der Waals surface area contributed by atoms with Crippen molar-refractivity contribution in [3.8, 4) is 0 Å². The lowest BCUT2D eigenvalue weighted by Crippen LogP contribution is -2.35. The molecular weight excluding hydrogens is 311 g/mol. The van der Waals surface area contributed by atoms with Gasteiger partial charge in [-0.25, -0.2) is 4.39 Å². The molecule has 2 rings (SSSR count). The third-order valence-electron chi connectivity index (χ3n) is 3.50. The number of carbonyl (C=O) groups excluding carboxylic acids is 2. The molecule has 0 radical (unpaired) electrons. The Hall–Kier alpha value is -2.70. The van der Waals surface area contributed by atoms with E-state index in [-0.39, 0.29) is 23.9 Å². The molecule has 24 heavy (non-hydrogen) atoms. The van der Waals surface area contributed by atoms with Gasteiger partial charge in [-0.3, -0.25) is 14.3 Å². The van der Waals surface area contributed by atoms with Crippen molar-refractivity contribution < 1.29 is 14.0 Å². The number of halogens is 1. The summed E-state index contributed by atoms with van der Waals surface area (Å²) in [5.74, 6) is -0.890. The van der Waals surface area contributed by atoms with Crippen LogP contribution in [-0.2, 0) is 11.3 Å². The lowest BCUT2D eigenvalue weighted by Gasteiger charge is -2.08. The first-order valence-corrected chi connectivity index (χ1v) is 7.76. The fraction of sp³-hybridized carbons (Fsp3) is 0.353. The molecule has 0 fully saturated rings. The minimum Gasteiger partial charge on any atom is -0.354 e. The van der Waals surface area contributed by atoms with Crippen molar-refractivity contribution in [2.45, 2.75) is 26.8 Å². The predicted molar refractivity (Wildman–Crippen MR) is 88.1 cm³/mol. The van der Waals surface area contributed by atoms with Crippen LogP contribution in [0.5, 0.6) is 0 Å². The van der Waals surface area contributed by atoms with Gasteiger partial charge in [-0.05, 0) is 37.1 Å². The van der Waals surface area contributed by atoms with Crippen LogP contribution in [0.1, 0.15) is 27.9 Å². The van der Waals surface area contributed by atoms with E-state index in [9.17, 15) is 14.0 Å². The van der Waals surface area contributed by atoms with E-state index < -0.39 is 5.82 Å². The summed E-state index contributed by atoms with van der Waals surface area (Å²) in [5.41, 5.74) is 1.80. The number of amides is 2. The van der Waals surface area contributed by atoms with Crippen LogP contribution in [0, 0.1) is 19.7 Å². The monoisotopic (exact) mass is 332 g/mol. The predicted octanol–water partition coefficient (Wildman–Crippen LogP) is 1.58. The summed E-state index contributed by atoms with van der Waals surface area (Å²) in [6.07, 6.45) is 3.92. The summed E-state index contributed by atoms with van der Waals surface area (Å²) < 4.78 is 15.1. The molecule has 0 atom stereocenters. The van der Waals surface area contributed by atoms with E-state index >= 15 is 0 Å². The van der Waals surface area contributed by atoms with Crippen LogP contribution in [0.2, 0.25) is 0 Å². The molecular formula is C17H21FN4O2. The number of carbonyl (C=O) groups is 2. The van der Waals surface area contributed by atoms with Crippen molar-refractivity contribution in [1.82, 2.24) is 20.4 Å². The number of aromatic nitrogens is 2. The molecule has 128 valence electrons. The summed E-state index contributed by atoms with van der Waals surface area (Å²) >= 11 is 0. The molecule has 0 unspecified atom stereocenters. The lowest BCUT2D eigenvalue weighted by molar-refractivity contribution is -0.121. The molecule has 7 heteroatoms. The zero-order valence-electron chi connectivity index (χ0n) is 13.8. The Morgan fingerprint density at radius 3 is 2.62 bits per heavy atom. The van der Waals surface area contributed by atoms with Gasteiger partial charge < -0.3 is 10.6 Å². The topological polar surface area (TPSA) is 76.0 Å². The van der Waals surface area contributed by atoms with E-state index in [0.29, 0.717) is 25.1 Å². The maximum atomic E-state index is 13.4. The van der Waals surface area contributed by atoms with E-state index in [1.165, 1.54) is 6.07 Å². The smallest absolute Gasteiger partial charge is 0.251 e. The minimum absolute atomic E-state index is 0.112. The van der Waals surface area contributed by atoms with E-state index in [2.05, 4.69) is 15.7 Å². The standard InChI is InChI=1S/C17H21FN4O2/c1-12-10-21-22(11-12)8-5-16(23)19-6-7-20-17(24)14-4-3-13(2)15(18)9-14/h3-4,9-11H,5-8H2,1-2H3,(H,19,23)(H,20,24). The highest BCUT2D eigenvalue weighted by Gasteiger charge is 2.08. The van der Waals surface area contributed by atoms with Gasteiger partial charge in [0.1, 0.15) is 5.82 Å². The fourth-order valence-corrected chi connectivity index (χ4v) is 2.11. The number of hydrogen-bond donors (Lipinski definition) is 2. The Kier molecular flexibility index (Phi) is 6.06. The second-order valence-electron chi connectivity index (χ2n) is 5.60. The summed E-state index contributed by atoms with van der Waals surface area (Å²) in [4.78, 5) is 23.6. The fourth-order valence-electron chi connectivity index (χ4n) is 2.11. The summed E-state index contributed by atoms with van der Waals surface area (Å²) in [5, 5.41) is 9.46. The third kappa shape index (κ3) is 5.19. The number of hydrogen-bond acceptors (Lipinski definition) is 3. The highest BCUT2D eigenvalue weighted by molar-refractivity contribution is 5.94. The second-order valence-corrected chi connectivity index (χ2v) is 5.60. The highest BCUT2D eigenvalue weighted by Crippen LogP contribution is 2.08. The maximum absolute atomic E-state index is 13.4. The number of benzene rings is 1. The van der Waals surface area contributed by atoms with Gasteiger partial charge in [0, 0.05) is 37.8 Å². The van der Waals surface area contributed by atoms with E-state index in [1.54, 1.807) is 29.9 Å². The van der Waals surface area contributed by atoms with Crippen LogP contribution in [0.25, 0.3) is 0 Å². The van der Waals surface area contributed by atoms with Gasteiger partial charge in [-0.2, -0.15) is 5.10 Å². The van der Waals surface area contributed by atoms with Gasteiger partial charge in [0.2, 0.25) is 5.91 Å². The first-order chi connectivity index (χ1) is 11.5. The molecule has 2 aromatic rings. The van der Waals surface area contributed by atoms with Crippen LogP contribution in [0.3, 0.4) is 0 Å². The van der Waals surface area contributed by atoms with Crippen LogP contribution in [-0.4, -0.2) is 34.7 Å². The largest absolute Gasteiger partial charge is 0.354 e. The van der Waals surface area contributed by atoms with Gasteiger partial charge in [0.25, 0.3) is 5.91 Å². The molecule has 0 aliphatic rings. The zero-order valence-corrected chi connectivity index (χ0v) is 13.8. The van der Waals surface area contributed by atoms with Crippen molar-refractivity contribution in [3.05, 3.63) is 53.1 Å². The zero-order chi connectivity index (χ0) is 17.5. The minimum atomic E-state index is -0.412. The van der Waals surface area contributed by atoms with Crippen LogP contribution < -0.4 is 10.6 Å². The van der Waals surface area contributed by atoms with Crippen molar-refractivity contribution in [2.75, 3.05) is 13.1 Å². The third-order valence-corrected chi connectivity index (χ3v) is 3.50. The lowest BCUT2D eigenvalue weighted by atomic mass is 10.1. The SMILES string of the molecule is Cc1cnn(CCC(=O)NCCNC(=O)c2ccc(C)c(F)c2)c1. The molecule has 2 amide bonds. The Bertz CT molecular complexity index is 727. The van der Waals surface area contributed by atoms with Crippen molar-refractivity contribution in [2.24, 2.45) is 0 Å². The van der Waals surface area contributed by atoms with Gasteiger partial charge in [-0.1, -0.05) is 6.07 Å². The van der Waals surface area contributed by atoms with Crippen LogP contribution in [0.4, 0.5) is 4.39 Å². The van der Waals surface area contributed by atoms with Crippen molar-refractivity contribution in [1.29, 1.82) is 0 Å². The first-order valence-electron chi connectivity index (χ1n) is 7.76. The van der Waals surface area contributed by atoms with Crippen molar-refractivity contribution in [3.63, 3.8) is 0 Å². The Morgan fingerprint density at radius 2 is 1.96 bits per heavy atom. The van der Waals surface area contributed by atoms with Gasteiger partial charge in [0.05, 0.1) is 6.20 Å². The molecule has 0 saturated carbocycles. The molecule has 0 bridgehead atoms. The van der Waals surface area contributed by atoms with Gasteiger partial charge >= 0.3 is 0 Å². The summed E-state index contributed by atoms with van der Waals surface area (Å²) in [6, 6.07) is 4.33. The Morgan fingerprint density at radius 1 is 1.21 bits per heavy atom. The molecule has 0 spiro atoms. The first kappa shape index (κ1) is 17.7. The normalized spacial score (nSPS) is 10.5. The van der Waals surface area contributed by atoms with Crippen LogP contribution >= 0.6 is 0 Å². The van der Waals surface area contributed by atoms with Gasteiger partial charge in [0.15, 0.2) is 0 Å². The molecule has 0 saturated heterocycles. The van der Waals surface area contributed by atoms with E-state index in [4.69, 9.17) is 0 Å². The molecule has 0 aliphatic heterocycles. The quantitative estimate of drug-likeness (QED) is 0.756. The number of nitrogens with one attached hydrogen (secondary N) is 2. The summed E-state index contributed by atoms with van der Waals surface area (Å²) in [7, 11) is 0. The van der Waals surface area contributed by atoms with Crippen LogP contribution in [0.15, 0.2) is 30.6 Å². The van der Waals surface area contributed by atoms with Crippen molar-refractivity contribution >= 4 is 11.8 Å². The molecule has 2 N–H and O–H groups in total. The molecule has 0 aliphatic carbocycles. The number of aryl methyl sites for hydroxylation is 3. The average Bonchev–Trinajstić information content (AvgIpc) is 2.97. The Balaban J connectivity index is 1.65. The summed E-state index contributed by atoms with van der Waals surface area (Å²) in [6.45, 7) is 4.68. The van der Waals surface area contributed by atoms with Gasteiger partial charge in [-0.15, -0.1) is 0 Å². The van der Waals surface area contributed by atoms with E-state index in [0.717, 1.165) is 5.56 Å². The molecule has 6 nitrogen and oxygen atoms in total. The maximum Gasteiger partial charge on any atom is 0.251 e.